The Morgan fingerprint density at radius 1 is 1.30 bits per heavy atom. The Bertz CT molecular complexity index is 623. The average molecular weight is 337 g/mol. The third-order valence-corrected chi connectivity index (χ3v) is 3.15. The van der Waals surface area contributed by atoms with Crippen molar-refractivity contribution in [2.75, 3.05) is 11.9 Å². The number of nitrogens with one attached hydrogen (secondary N) is 2. The van der Waals surface area contributed by atoms with Gasteiger partial charge < -0.3 is 15.1 Å². The van der Waals surface area contributed by atoms with Gasteiger partial charge in [0.05, 0.1) is 18.4 Å². The van der Waals surface area contributed by atoms with Gasteiger partial charge in [0.15, 0.2) is 0 Å². The van der Waals surface area contributed by atoms with Crippen molar-refractivity contribution in [1.82, 2.24) is 5.32 Å². The molecule has 0 saturated heterocycles. The van der Waals surface area contributed by atoms with Crippen LogP contribution in [0.15, 0.2) is 45.7 Å². The lowest BCUT2D eigenvalue weighted by Gasteiger charge is -2.09. The van der Waals surface area contributed by atoms with Gasteiger partial charge in [0.25, 0.3) is 5.91 Å². The van der Waals surface area contributed by atoms with E-state index in [0.29, 0.717) is 5.56 Å². The molecule has 2 N–H and O–H groups in total. The number of amides is 2. The minimum absolute atomic E-state index is 0.0977. The van der Waals surface area contributed by atoms with E-state index in [0.717, 1.165) is 15.7 Å². The van der Waals surface area contributed by atoms with Gasteiger partial charge in [-0.15, -0.1) is 0 Å². The van der Waals surface area contributed by atoms with Crippen LogP contribution in [-0.2, 0) is 4.79 Å². The van der Waals surface area contributed by atoms with E-state index in [-0.39, 0.29) is 18.4 Å². The minimum Gasteiger partial charge on any atom is -0.472 e. The standard InChI is InChI=1S/C14H13BrN2O3/c1-9-6-11(15)2-3-12(9)17-13(18)7-16-14(19)10-4-5-20-8-10/h2-6,8H,7H2,1H3,(H,16,19)(H,17,18). The molecular weight excluding hydrogens is 324 g/mol. The molecule has 0 spiro atoms. The molecule has 0 aliphatic heterocycles. The van der Waals surface area contributed by atoms with Gasteiger partial charge in [-0.1, -0.05) is 15.9 Å². The molecule has 0 fully saturated rings. The van der Waals surface area contributed by atoms with E-state index < -0.39 is 0 Å². The van der Waals surface area contributed by atoms with Crippen molar-refractivity contribution in [3.05, 3.63) is 52.4 Å². The van der Waals surface area contributed by atoms with Crippen molar-refractivity contribution in [3.8, 4) is 0 Å². The second-order valence-electron chi connectivity index (χ2n) is 4.20. The lowest BCUT2D eigenvalue weighted by molar-refractivity contribution is -0.115. The second-order valence-corrected chi connectivity index (χ2v) is 5.12. The quantitative estimate of drug-likeness (QED) is 0.901. The molecule has 0 saturated carbocycles. The first-order valence-electron chi connectivity index (χ1n) is 5.92. The number of furan rings is 1. The number of carbonyl (C=O) groups is 2. The Morgan fingerprint density at radius 3 is 2.75 bits per heavy atom. The fourth-order valence-corrected chi connectivity index (χ4v) is 2.09. The monoisotopic (exact) mass is 336 g/mol. The Labute approximate surface area is 124 Å². The zero-order valence-electron chi connectivity index (χ0n) is 10.8. The molecule has 0 bridgehead atoms. The summed E-state index contributed by atoms with van der Waals surface area (Å²) in [5.74, 6) is -0.631. The molecule has 104 valence electrons. The van der Waals surface area contributed by atoms with Gasteiger partial charge in [0.2, 0.25) is 5.91 Å². The summed E-state index contributed by atoms with van der Waals surface area (Å²) in [6.45, 7) is 1.80. The molecule has 6 heteroatoms. The van der Waals surface area contributed by atoms with Gasteiger partial charge in [-0.2, -0.15) is 0 Å². The molecule has 0 unspecified atom stereocenters. The van der Waals surface area contributed by atoms with Crippen LogP contribution in [0.2, 0.25) is 0 Å². The molecule has 2 rings (SSSR count). The number of halogens is 1. The largest absolute Gasteiger partial charge is 0.472 e. The van der Waals surface area contributed by atoms with Crippen LogP contribution in [0, 0.1) is 6.92 Å². The molecule has 0 aliphatic carbocycles. The summed E-state index contributed by atoms with van der Waals surface area (Å²) in [6.07, 6.45) is 2.73. The summed E-state index contributed by atoms with van der Waals surface area (Å²) in [5.41, 5.74) is 2.04. The highest BCUT2D eigenvalue weighted by molar-refractivity contribution is 9.10. The van der Waals surface area contributed by atoms with E-state index >= 15 is 0 Å². The molecule has 1 aromatic heterocycles. The number of hydrogen-bond donors (Lipinski definition) is 2. The van der Waals surface area contributed by atoms with E-state index in [1.165, 1.54) is 18.6 Å². The molecule has 0 radical (unpaired) electrons. The first-order valence-corrected chi connectivity index (χ1v) is 6.72. The lowest BCUT2D eigenvalue weighted by atomic mass is 10.2. The van der Waals surface area contributed by atoms with Crippen LogP contribution < -0.4 is 10.6 Å². The van der Waals surface area contributed by atoms with E-state index in [1.807, 2.05) is 19.1 Å². The number of carbonyl (C=O) groups excluding carboxylic acids is 2. The molecule has 1 aromatic carbocycles. The van der Waals surface area contributed by atoms with Crippen molar-refractivity contribution >= 4 is 33.4 Å². The number of benzene rings is 1. The zero-order valence-corrected chi connectivity index (χ0v) is 12.4. The molecule has 0 aliphatic rings. The average Bonchev–Trinajstić information content (AvgIpc) is 2.93. The third-order valence-electron chi connectivity index (χ3n) is 2.66. The highest BCUT2D eigenvalue weighted by Gasteiger charge is 2.09. The van der Waals surface area contributed by atoms with Gasteiger partial charge in [-0.3, -0.25) is 9.59 Å². The normalized spacial score (nSPS) is 10.1. The number of aryl methyl sites for hydroxylation is 1. The van der Waals surface area contributed by atoms with Crippen molar-refractivity contribution in [3.63, 3.8) is 0 Å². The maximum absolute atomic E-state index is 11.8. The van der Waals surface area contributed by atoms with Crippen LogP contribution in [-0.4, -0.2) is 18.4 Å². The van der Waals surface area contributed by atoms with E-state index in [2.05, 4.69) is 26.6 Å². The lowest BCUT2D eigenvalue weighted by Crippen LogP contribution is -2.32. The molecule has 20 heavy (non-hydrogen) atoms. The summed E-state index contributed by atoms with van der Waals surface area (Å²) < 4.78 is 5.74. The van der Waals surface area contributed by atoms with Crippen molar-refractivity contribution in [2.45, 2.75) is 6.92 Å². The van der Waals surface area contributed by atoms with Crippen LogP contribution in [0.1, 0.15) is 15.9 Å². The predicted octanol–water partition coefficient (Wildman–Crippen LogP) is 2.72. The first-order chi connectivity index (χ1) is 9.56. The zero-order chi connectivity index (χ0) is 14.5. The van der Waals surface area contributed by atoms with Crippen molar-refractivity contribution in [1.29, 1.82) is 0 Å². The Kier molecular flexibility index (Phi) is 4.57. The van der Waals surface area contributed by atoms with Crippen molar-refractivity contribution in [2.24, 2.45) is 0 Å². The van der Waals surface area contributed by atoms with Gasteiger partial charge in [-0.05, 0) is 36.8 Å². The number of hydrogen-bond acceptors (Lipinski definition) is 3. The highest BCUT2D eigenvalue weighted by atomic mass is 79.9. The maximum Gasteiger partial charge on any atom is 0.254 e. The summed E-state index contributed by atoms with van der Waals surface area (Å²) in [5, 5.41) is 5.26. The molecular formula is C14H13BrN2O3. The summed E-state index contributed by atoms with van der Waals surface area (Å²) in [7, 11) is 0. The number of anilines is 1. The minimum atomic E-state index is -0.346. The highest BCUT2D eigenvalue weighted by Crippen LogP contribution is 2.19. The second kappa shape index (κ2) is 6.38. The van der Waals surface area contributed by atoms with Gasteiger partial charge in [0, 0.05) is 10.2 Å². The fraction of sp³-hybridized carbons (Fsp3) is 0.143. The Morgan fingerprint density at radius 2 is 2.10 bits per heavy atom. The van der Waals surface area contributed by atoms with Crippen molar-refractivity contribution < 1.29 is 14.0 Å². The molecule has 0 atom stereocenters. The SMILES string of the molecule is Cc1cc(Br)ccc1NC(=O)CNC(=O)c1ccoc1. The predicted molar refractivity (Wildman–Crippen MR) is 78.5 cm³/mol. The first kappa shape index (κ1) is 14.3. The van der Waals surface area contributed by atoms with Gasteiger partial charge in [-0.25, -0.2) is 0 Å². The van der Waals surface area contributed by atoms with Crippen LogP contribution in [0.25, 0.3) is 0 Å². The smallest absolute Gasteiger partial charge is 0.254 e. The third kappa shape index (κ3) is 3.71. The topological polar surface area (TPSA) is 71.3 Å². The van der Waals surface area contributed by atoms with Crippen LogP contribution in [0.4, 0.5) is 5.69 Å². The van der Waals surface area contributed by atoms with Gasteiger partial charge >= 0.3 is 0 Å². The van der Waals surface area contributed by atoms with E-state index in [1.54, 1.807) is 6.07 Å². The molecule has 5 nitrogen and oxygen atoms in total. The Balaban J connectivity index is 1.88. The van der Waals surface area contributed by atoms with E-state index in [4.69, 9.17) is 4.42 Å². The summed E-state index contributed by atoms with van der Waals surface area (Å²) in [4.78, 5) is 23.4. The van der Waals surface area contributed by atoms with Crippen LogP contribution in [0.5, 0.6) is 0 Å². The molecule has 1 heterocycles. The van der Waals surface area contributed by atoms with E-state index in [9.17, 15) is 9.59 Å². The number of rotatable bonds is 4. The molecule has 2 amide bonds. The molecule has 2 aromatic rings. The summed E-state index contributed by atoms with van der Waals surface area (Å²) >= 11 is 3.36. The maximum atomic E-state index is 11.8. The Hall–Kier alpha value is -2.08. The van der Waals surface area contributed by atoms with Crippen LogP contribution in [0.3, 0.4) is 0 Å². The fourth-order valence-electron chi connectivity index (χ4n) is 1.62. The summed E-state index contributed by atoms with van der Waals surface area (Å²) in [6, 6.07) is 7.08. The van der Waals surface area contributed by atoms with Gasteiger partial charge in [0.1, 0.15) is 6.26 Å². The van der Waals surface area contributed by atoms with Crippen LogP contribution >= 0.6 is 15.9 Å².